The first kappa shape index (κ1) is 69.2. The van der Waals surface area contributed by atoms with Crippen LogP contribution in [0.4, 0.5) is 11.4 Å². The number of halogens is 1. The Labute approximate surface area is 538 Å². The van der Waals surface area contributed by atoms with Crippen molar-refractivity contribution in [2.45, 2.75) is 63.7 Å². The summed E-state index contributed by atoms with van der Waals surface area (Å²) in [5.74, 6) is 0.840. The van der Waals surface area contributed by atoms with Gasteiger partial charge in [0, 0.05) is 88.7 Å². The van der Waals surface area contributed by atoms with E-state index < -0.39 is 43.5 Å². The van der Waals surface area contributed by atoms with E-state index in [1.165, 1.54) is 42.2 Å². The van der Waals surface area contributed by atoms with Gasteiger partial charge in [-0.3, -0.25) is 47.9 Å². The summed E-state index contributed by atoms with van der Waals surface area (Å²) in [4.78, 5) is 68.3. The van der Waals surface area contributed by atoms with E-state index in [9.17, 15) is 32.1 Å². The summed E-state index contributed by atoms with van der Waals surface area (Å²) >= 11 is 0. The van der Waals surface area contributed by atoms with Crippen molar-refractivity contribution in [2.75, 3.05) is 118 Å². The minimum atomic E-state index is -4.37. The van der Waals surface area contributed by atoms with Crippen molar-refractivity contribution in [1.29, 1.82) is 0 Å². The lowest BCUT2D eigenvalue weighted by Gasteiger charge is -2.39. The Bertz CT molecular complexity index is 3740. The number of fused-ring (bicyclic) bond motifs is 2. The molecule has 0 aromatic heterocycles. The van der Waals surface area contributed by atoms with Crippen LogP contribution < -0.4 is 34.1 Å². The van der Waals surface area contributed by atoms with Crippen LogP contribution in [0.15, 0.2) is 133 Å². The summed E-state index contributed by atoms with van der Waals surface area (Å²) in [5.41, 5.74) is 7.34. The second kappa shape index (κ2) is 31.1. The Hall–Kier alpha value is -7.65. The van der Waals surface area contributed by atoms with Gasteiger partial charge in [-0.15, -0.1) is 0 Å². The Morgan fingerprint density at radius 2 is 0.879 bits per heavy atom. The summed E-state index contributed by atoms with van der Waals surface area (Å²) < 4.78 is 80.4. The highest BCUT2D eigenvalue weighted by molar-refractivity contribution is 8.09. The molecule has 6 aromatic carbocycles. The molecule has 0 spiro atoms. The zero-order valence-corrected chi connectivity index (χ0v) is 54.9. The lowest BCUT2D eigenvalue weighted by atomic mass is 9.99. The molecule has 4 amide bonds. The molecule has 4 atom stereocenters. The third-order valence-electron chi connectivity index (χ3n) is 17.3. The van der Waals surface area contributed by atoms with Gasteiger partial charge in [0.15, 0.2) is 23.0 Å². The number of anilines is 2. The molecule has 4 heterocycles. The van der Waals surface area contributed by atoms with Crippen LogP contribution in [-0.2, 0) is 19.6 Å². The third-order valence-corrected chi connectivity index (χ3v) is 18.2. The maximum Gasteiger partial charge on any atom is 0.353 e. The molecule has 6 aromatic rings. The lowest BCUT2D eigenvalue weighted by Crippen LogP contribution is -2.47. The molecule has 22 nitrogen and oxygen atoms in total. The topological polar surface area (TPSA) is 249 Å². The van der Waals surface area contributed by atoms with Crippen LogP contribution in [-0.4, -0.2) is 181 Å². The first-order valence-corrected chi connectivity index (χ1v) is 33.7. The van der Waals surface area contributed by atoms with Gasteiger partial charge in [-0.25, -0.2) is 0 Å². The van der Waals surface area contributed by atoms with Crippen LogP contribution in [0.1, 0.15) is 127 Å². The van der Waals surface area contributed by atoms with Crippen molar-refractivity contribution in [1.82, 2.24) is 29.2 Å². The molecule has 4 aliphatic heterocycles. The Morgan fingerprint density at radius 1 is 0.505 bits per heavy atom. The Morgan fingerprint density at radius 3 is 1.23 bits per heavy atom. The van der Waals surface area contributed by atoms with Crippen molar-refractivity contribution >= 4 is 65.3 Å². The van der Waals surface area contributed by atoms with Gasteiger partial charge >= 0.3 is 19.6 Å². The number of methoxy groups -OCH3 is 4. The zero-order valence-electron chi connectivity index (χ0n) is 52.5. The molecular weight excluding hydrogens is 1230 g/mol. The van der Waals surface area contributed by atoms with Crippen LogP contribution in [0.3, 0.4) is 0 Å². The molecule has 0 saturated carbocycles. The number of benzene rings is 6. The molecule has 0 unspecified atom stereocenters. The van der Waals surface area contributed by atoms with E-state index >= 15 is 0 Å². The number of hydrogen-bond donors (Lipinski definition) is 3. The van der Waals surface area contributed by atoms with Crippen molar-refractivity contribution in [3.63, 3.8) is 0 Å². The minimum Gasteiger partial charge on any atom is -0.493 e. The van der Waals surface area contributed by atoms with Gasteiger partial charge in [0.2, 0.25) is 0 Å². The average molecular weight is 1310 g/mol. The maximum absolute atomic E-state index is 14.2. The SMILES string of the molecule is CNCCC[C@H](c1ccc(OC)c(OC)c1)N1C(=O)c2cccc(N3CCN([C@H](C)c4ccccc4)CC3)c2C1=O.COc1ccc([C@@H](CCCN(C)S(=O)(=O)O)N2C(=O)c3cccc(N4CCN([C@H](C)c5ccccc5)CC4)c3C2=O)cc1OC.O=S(=O)(O)Cl. The number of carbonyl (C=O) groups is 4. The number of carbonyl (C=O) groups excluding carboxylic acids is 4. The van der Waals surface area contributed by atoms with Crippen LogP contribution in [0.25, 0.3) is 0 Å². The van der Waals surface area contributed by atoms with Gasteiger partial charge in [-0.2, -0.15) is 21.1 Å². The Balaban J connectivity index is 0.000000219. The molecule has 3 N–H and O–H groups in total. The highest BCUT2D eigenvalue weighted by atomic mass is 35.7. The van der Waals surface area contributed by atoms with Gasteiger partial charge in [-0.1, -0.05) is 84.9 Å². The van der Waals surface area contributed by atoms with Crippen LogP contribution in [0.5, 0.6) is 23.0 Å². The Kier molecular flexibility index (Phi) is 23.7. The standard InChI is InChI=1S/C33H40N4O7S.C33H40N4O4.ClHO3S/c1-23(24-10-6-5-7-11-24)35-18-20-36(21-19-35)28-13-8-12-26-31(28)33(39)37(32(26)38)27(14-9-17-34(2)45(40,41)42)25-15-16-29(43-3)30(22-25)44-4;1-23(24-10-6-5-7-11-24)35-18-20-36(21-19-35)28-13-8-12-26-31(28)33(39)37(32(26)38)27(14-9-17-34-2)25-15-16-29(40-3)30(22-25)41-4;1-5(2,3)4/h5-8,10-13,15-16,22-23,27H,9,14,17-21H2,1-4H3,(H,40,41,42);5-8,10-13,15-16,22-23,27,34H,9,14,17-21H2,1-4H3;(H,2,3,4)/t2*23-,27-;/m11./s1. The summed E-state index contributed by atoms with van der Waals surface area (Å²) in [5, 5.41) is 3.18. The van der Waals surface area contributed by atoms with Gasteiger partial charge in [0.25, 0.3) is 23.6 Å². The number of amides is 4. The minimum absolute atomic E-state index is 0.00270. The van der Waals surface area contributed by atoms with Gasteiger partial charge < -0.3 is 34.1 Å². The van der Waals surface area contributed by atoms with Crippen molar-refractivity contribution in [3.05, 3.63) is 178 Å². The molecular formula is C66H81ClN8O14S2. The van der Waals surface area contributed by atoms with Crippen LogP contribution in [0, 0.1) is 0 Å². The van der Waals surface area contributed by atoms with Crippen molar-refractivity contribution in [2.24, 2.45) is 0 Å². The van der Waals surface area contributed by atoms with Gasteiger partial charge in [0.1, 0.15) is 0 Å². The lowest BCUT2D eigenvalue weighted by molar-refractivity contribution is 0.0556. The predicted molar refractivity (Wildman–Crippen MR) is 350 cm³/mol. The maximum atomic E-state index is 14.2. The number of rotatable bonds is 23. The van der Waals surface area contributed by atoms with E-state index in [0.717, 1.165) is 73.5 Å². The van der Waals surface area contributed by atoms with Crippen molar-refractivity contribution < 1.29 is 64.1 Å². The van der Waals surface area contributed by atoms with Crippen LogP contribution in [0.2, 0.25) is 0 Å². The quantitative estimate of drug-likeness (QED) is 0.0234. The van der Waals surface area contributed by atoms with Crippen molar-refractivity contribution in [3.8, 4) is 23.0 Å². The highest BCUT2D eigenvalue weighted by Crippen LogP contribution is 2.43. The molecule has 91 heavy (non-hydrogen) atoms. The smallest absolute Gasteiger partial charge is 0.353 e. The van der Waals surface area contributed by atoms with E-state index in [4.69, 9.17) is 31.9 Å². The highest BCUT2D eigenvalue weighted by Gasteiger charge is 2.45. The summed E-state index contributed by atoms with van der Waals surface area (Å²) in [7, 11) is 4.88. The fraction of sp³-hybridized carbons (Fsp3) is 0.394. The molecule has 10 rings (SSSR count). The van der Waals surface area contributed by atoms with E-state index in [1.807, 2.05) is 73.8 Å². The number of hydrogen-bond acceptors (Lipinski definition) is 17. The second-order valence-corrected chi connectivity index (χ2v) is 26.0. The number of piperazine rings is 2. The predicted octanol–water partition coefficient (Wildman–Crippen LogP) is 9.39. The van der Waals surface area contributed by atoms with E-state index in [-0.39, 0.29) is 37.2 Å². The molecule has 488 valence electrons. The van der Waals surface area contributed by atoms with E-state index in [2.05, 4.69) is 85.8 Å². The number of imide groups is 2. The number of nitrogens with zero attached hydrogens (tertiary/aromatic N) is 7. The molecule has 0 bridgehead atoms. The normalized spacial score (nSPS) is 16.7. The molecule has 2 fully saturated rings. The average Bonchev–Trinajstić information content (AvgIpc) is 1.61. The number of ether oxygens (including phenoxy) is 4. The van der Waals surface area contributed by atoms with E-state index in [0.29, 0.717) is 76.4 Å². The number of nitrogens with one attached hydrogen (secondary N) is 1. The van der Waals surface area contributed by atoms with Crippen LogP contribution >= 0.6 is 10.7 Å². The largest absolute Gasteiger partial charge is 0.493 e. The summed E-state index contributed by atoms with van der Waals surface area (Å²) in [6.07, 6.45) is 1.97. The first-order chi connectivity index (χ1) is 43.5. The van der Waals surface area contributed by atoms with E-state index in [1.54, 1.807) is 44.6 Å². The third kappa shape index (κ3) is 16.5. The molecule has 25 heteroatoms. The summed E-state index contributed by atoms with van der Waals surface area (Å²) in [6.45, 7) is 11.6. The molecule has 0 radical (unpaired) electrons. The second-order valence-electron chi connectivity index (χ2n) is 22.4. The van der Waals surface area contributed by atoms with Gasteiger partial charge in [0.05, 0.1) is 74.2 Å². The molecule has 2 saturated heterocycles. The fourth-order valence-corrected chi connectivity index (χ4v) is 12.7. The fourth-order valence-electron chi connectivity index (χ4n) is 12.4. The monoisotopic (exact) mass is 1310 g/mol. The first-order valence-electron chi connectivity index (χ1n) is 30.1. The zero-order chi connectivity index (χ0) is 65.7. The van der Waals surface area contributed by atoms with Gasteiger partial charge in [-0.05, 0) is 124 Å². The molecule has 4 aliphatic rings. The molecule has 0 aliphatic carbocycles. The summed E-state index contributed by atoms with van der Waals surface area (Å²) in [6, 6.07) is 42.3.